The number of alkyl halides is 2. The zero-order valence-electron chi connectivity index (χ0n) is 24.8. The van der Waals surface area contributed by atoms with E-state index in [1.54, 1.807) is 36.4 Å². The van der Waals surface area contributed by atoms with E-state index in [-0.39, 0.29) is 50.1 Å². The molecule has 1 saturated heterocycles. The van der Waals surface area contributed by atoms with Crippen molar-refractivity contribution < 1.29 is 28.8 Å². The van der Waals surface area contributed by atoms with Crippen molar-refractivity contribution in [3.8, 4) is 11.3 Å². The van der Waals surface area contributed by atoms with Crippen molar-refractivity contribution in [1.29, 1.82) is 0 Å². The van der Waals surface area contributed by atoms with Crippen molar-refractivity contribution >= 4 is 93.6 Å². The number of amides is 2. The second-order valence-electron chi connectivity index (χ2n) is 11.4. The minimum absolute atomic E-state index is 0.108. The van der Waals surface area contributed by atoms with Crippen molar-refractivity contribution in [2.24, 2.45) is 11.8 Å². The van der Waals surface area contributed by atoms with E-state index in [1.165, 1.54) is 29.2 Å². The van der Waals surface area contributed by atoms with Crippen molar-refractivity contribution in [3.05, 3.63) is 98.0 Å². The summed E-state index contributed by atoms with van der Waals surface area (Å²) < 4.78 is 6.20. The van der Waals surface area contributed by atoms with E-state index >= 15 is 0 Å². The van der Waals surface area contributed by atoms with Gasteiger partial charge in [0.2, 0.25) is 11.8 Å². The number of pyridine rings is 1. The van der Waals surface area contributed by atoms with Crippen LogP contribution in [0.25, 0.3) is 22.2 Å². The Morgan fingerprint density at radius 1 is 0.957 bits per heavy atom. The summed E-state index contributed by atoms with van der Waals surface area (Å²) in [5.41, 5.74) is 3.28. The molecule has 3 aromatic carbocycles. The van der Waals surface area contributed by atoms with Gasteiger partial charge in [-0.15, -0.1) is 0 Å². The van der Waals surface area contributed by atoms with E-state index in [0.717, 1.165) is 10.0 Å². The number of non-ortho nitro benzene ring substituents is 1. The van der Waals surface area contributed by atoms with Crippen LogP contribution in [-0.4, -0.2) is 49.7 Å². The zero-order chi connectivity index (χ0) is 33.6. The molecule has 1 aliphatic heterocycles. The van der Waals surface area contributed by atoms with Gasteiger partial charge in [0.05, 0.1) is 39.2 Å². The molecule has 6 rings (SSSR count). The van der Waals surface area contributed by atoms with E-state index in [1.807, 2.05) is 13.0 Å². The fourth-order valence-corrected chi connectivity index (χ4v) is 7.88. The largest absolute Gasteiger partial charge is 0.454 e. The number of imide groups is 1. The summed E-state index contributed by atoms with van der Waals surface area (Å²) in [4.78, 5) is 69.6. The number of rotatable bonds is 8. The van der Waals surface area contributed by atoms with Gasteiger partial charge in [-0.1, -0.05) is 66.8 Å². The molecule has 0 radical (unpaired) electrons. The van der Waals surface area contributed by atoms with E-state index in [9.17, 15) is 29.3 Å². The number of nitro groups is 1. The third-order valence-corrected chi connectivity index (χ3v) is 11.8. The molecule has 0 spiro atoms. The van der Waals surface area contributed by atoms with E-state index < -0.39 is 23.3 Å². The zero-order valence-corrected chi connectivity index (χ0v) is 29.6. The van der Waals surface area contributed by atoms with Gasteiger partial charge in [-0.2, -0.15) is 0 Å². The molecule has 2 aliphatic rings. The first-order valence-electron chi connectivity index (χ1n) is 14.8. The highest BCUT2D eigenvalue weighted by Crippen LogP contribution is 2.44. The van der Waals surface area contributed by atoms with Gasteiger partial charge in [0.25, 0.3) is 5.69 Å². The monoisotopic (exact) mass is 825 g/mol. The van der Waals surface area contributed by atoms with Crippen LogP contribution in [0.15, 0.2) is 71.2 Å². The number of esters is 1. The number of halogens is 3. The summed E-state index contributed by atoms with van der Waals surface area (Å²) in [5, 5.41) is 11.5. The van der Waals surface area contributed by atoms with Crippen LogP contribution in [0.2, 0.25) is 0 Å². The quantitative estimate of drug-likeness (QED) is 0.0443. The number of hydrogen-bond donors (Lipinski definition) is 0. The lowest BCUT2D eigenvalue weighted by atomic mass is 9.81. The van der Waals surface area contributed by atoms with Crippen LogP contribution in [0, 0.1) is 22.0 Å². The Labute approximate surface area is 294 Å². The van der Waals surface area contributed by atoms with Crippen molar-refractivity contribution in [1.82, 2.24) is 4.98 Å². The maximum atomic E-state index is 13.5. The number of Topliss-reactive ketones (excluding diaryl/α,β-unsaturated/α-hetero) is 1. The number of ketones is 1. The molecule has 4 aromatic rings. The number of aromatic nitrogens is 1. The van der Waals surface area contributed by atoms with Gasteiger partial charge in [0.1, 0.15) is 0 Å². The minimum Gasteiger partial charge on any atom is -0.454 e. The highest BCUT2D eigenvalue weighted by molar-refractivity contribution is 9.12. The molecule has 0 bridgehead atoms. The molecule has 13 heteroatoms. The molecule has 4 unspecified atom stereocenters. The van der Waals surface area contributed by atoms with Crippen LogP contribution in [0.3, 0.4) is 0 Å². The van der Waals surface area contributed by atoms with Gasteiger partial charge in [-0.25, -0.2) is 9.78 Å². The smallest absolute Gasteiger partial charge is 0.339 e. The van der Waals surface area contributed by atoms with Crippen LogP contribution in [0.1, 0.15) is 46.0 Å². The highest BCUT2D eigenvalue weighted by Gasteiger charge is 2.52. The number of carbonyl (C=O) groups is 4. The second kappa shape index (κ2) is 13.4. The topological polar surface area (TPSA) is 137 Å². The first-order chi connectivity index (χ1) is 22.5. The number of hydrogen-bond acceptors (Lipinski definition) is 8. The lowest BCUT2D eigenvalue weighted by Crippen LogP contribution is -2.34. The summed E-state index contributed by atoms with van der Waals surface area (Å²) in [6.07, 6.45) is 1.79. The molecule has 10 nitrogen and oxygen atoms in total. The predicted molar refractivity (Wildman–Crippen MR) is 186 cm³/mol. The van der Waals surface area contributed by atoms with Gasteiger partial charge in [0.15, 0.2) is 12.4 Å². The Morgan fingerprint density at radius 3 is 2.15 bits per heavy atom. The highest BCUT2D eigenvalue weighted by atomic mass is 79.9. The van der Waals surface area contributed by atoms with Gasteiger partial charge in [0, 0.05) is 42.8 Å². The summed E-state index contributed by atoms with van der Waals surface area (Å²) >= 11 is 10.8. The number of carbonyl (C=O) groups excluding carboxylic acids is 4. The average Bonchev–Trinajstić information content (AvgIpc) is 3.30. The maximum absolute atomic E-state index is 13.5. The molecule has 4 atom stereocenters. The Balaban J connectivity index is 1.30. The van der Waals surface area contributed by atoms with Gasteiger partial charge < -0.3 is 4.74 Å². The molecular formula is C34H26Br3N3O7. The molecule has 240 valence electrons. The Hall–Kier alpha value is -3.81. The fraction of sp³-hybridized carbons (Fsp3) is 0.265. The normalized spacial score (nSPS) is 20.7. The van der Waals surface area contributed by atoms with Crippen LogP contribution < -0.4 is 4.90 Å². The molecule has 2 heterocycles. The number of fused-ring (bicyclic) bond motifs is 2. The predicted octanol–water partition coefficient (Wildman–Crippen LogP) is 7.60. The van der Waals surface area contributed by atoms with Gasteiger partial charge in [-0.05, 0) is 67.3 Å². The molecule has 2 amide bonds. The number of benzene rings is 3. The third kappa shape index (κ3) is 6.40. The molecule has 1 aromatic heterocycles. The number of aryl methyl sites for hydroxylation is 1. The van der Waals surface area contributed by atoms with Crippen molar-refractivity contribution in [2.75, 3.05) is 11.5 Å². The first-order valence-corrected chi connectivity index (χ1v) is 17.4. The van der Waals surface area contributed by atoms with Crippen LogP contribution >= 0.6 is 47.8 Å². The third-order valence-electron chi connectivity index (χ3n) is 8.63. The molecular weight excluding hydrogens is 802 g/mol. The summed E-state index contributed by atoms with van der Waals surface area (Å²) in [6.45, 7) is 1.41. The summed E-state index contributed by atoms with van der Waals surface area (Å²) in [5.74, 6) is -2.39. The van der Waals surface area contributed by atoms with Crippen molar-refractivity contribution in [3.63, 3.8) is 0 Å². The lowest BCUT2D eigenvalue weighted by molar-refractivity contribution is -0.384. The van der Waals surface area contributed by atoms with Gasteiger partial charge in [-0.3, -0.25) is 29.4 Å². The second-order valence-corrected chi connectivity index (χ2v) is 14.7. The molecule has 0 N–H and O–H groups in total. The first kappa shape index (κ1) is 33.1. The summed E-state index contributed by atoms with van der Waals surface area (Å²) in [6, 6.07) is 17.3. The Kier molecular flexibility index (Phi) is 9.41. The maximum Gasteiger partial charge on any atom is 0.339 e. The number of anilines is 1. The van der Waals surface area contributed by atoms with E-state index in [0.29, 0.717) is 47.1 Å². The van der Waals surface area contributed by atoms with E-state index in [4.69, 9.17) is 9.72 Å². The molecule has 47 heavy (non-hydrogen) atoms. The average molecular weight is 828 g/mol. The molecule has 1 saturated carbocycles. The van der Waals surface area contributed by atoms with Crippen molar-refractivity contribution in [2.45, 2.75) is 35.8 Å². The Bertz CT molecular complexity index is 1920. The molecule has 1 aliphatic carbocycles. The minimum atomic E-state index is -0.739. The van der Waals surface area contributed by atoms with Gasteiger partial charge >= 0.3 is 5.97 Å². The number of nitro benzene ring substituents is 1. The number of nitrogens with zero attached hydrogens (tertiary/aromatic N) is 3. The van der Waals surface area contributed by atoms with Crippen LogP contribution in [-0.2, 0) is 20.7 Å². The standard InChI is InChI=1S/C34H26Br3N3O7/c1-2-17-11-20(35)12-23-26(34(44)47-16-30(41)19-5-9-22(10-6-19)40(45)46)15-29(38-31(17)23)18-3-7-21(8-4-18)39-32(42)24-13-27(36)28(37)14-25(24)33(39)43/h3-12,15,24-25,27-28H,2,13-14,16H2,1H3. The molecule has 2 fully saturated rings. The van der Waals surface area contributed by atoms with Crippen LogP contribution in [0.4, 0.5) is 11.4 Å². The fourth-order valence-electron chi connectivity index (χ4n) is 6.14. The SMILES string of the molecule is CCc1cc(Br)cc2c(C(=O)OCC(=O)c3ccc([N+](=O)[O-])cc3)cc(-c3ccc(N4C(=O)C5CC(Br)C(Br)CC5C4=O)cc3)nc12. The lowest BCUT2D eigenvalue weighted by Gasteiger charge is -2.29. The number of ether oxygens (including phenoxy) is 1. The Morgan fingerprint density at radius 2 is 1.57 bits per heavy atom. The summed E-state index contributed by atoms with van der Waals surface area (Å²) in [7, 11) is 0. The van der Waals surface area contributed by atoms with Crippen LogP contribution in [0.5, 0.6) is 0 Å². The van der Waals surface area contributed by atoms with E-state index in [2.05, 4.69) is 47.8 Å².